The minimum Gasteiger partial charge on any atom is -0.495 e. The van der Waals surface area contributed by atoms with E-state index in [1.54, 1.807) is 0 Å². The lowest BCUT2D eigenvalue weighted by molar-refractivity contribution is -0.140. The maximum atomic E-state index is 12.5. The molecule has 0 bridgehead atoms. The van der Waals surface area contributed by atoms with Crippen molar-refractivity contribution in [3.8, 4) is 5.75 Å². The zero-order valence-corrected chi connectivity index (χ0v) is 14.6. The van der Waals surface area contributed by atoms with Crippen LogP contribution in [0, 0.1) is 0 Å². The number of nitrogens with one attached hydrogen (secondary N) is 1. The number of nitrogens with zero attached hydrogens (tertiary/aromatic N) is 1. The van der Waals surface area contributed by atoms with Crippen molar-refractivity contribution >= 4 is 40.3 Å². The van der Waals surface area contributed by atoms with Crippen molar-refractivity contribution in [1.82, 2.24) is 4.98 Å². The maximum Gasteiger partial charge on any atom is 0.434 e. The molecule has 5 nitrogen and oxygen atoms in total. The highest BCUT2D eigenvalue weighted by molar-refractivity contribution is 7.09. The third-order valence-electron chi connectivity index (χ3n) is 3.12. The Bertz CT molecular complexity index is 821. The third-order valence-corrected chi connectivity index (χ3v) is 4.35. The van der Waals surface area contributed by atoms with E-state index in [1.165, 1.54) is 26.2 Å². The highest BCUT2D eigenvalue weighted by Crippen LogP contribution is 2.35. The molecule has 1 aromatic heterocycles. The van der Waals surface area contributed by atoms with Crippen molar-refractivity contribution in [3.05, 3.63) is 38.8 Å². The van der Waals surface area contributed by atoms with Crippen LogP contribution in [0.4, 0.5) is 18.9 Å². The van der Waals surface area contributed by atoms with Crippen LogP contribution in [0.2, 0.25) is 5.02 Å². The van der Waals surface area contributed by atoms with Crippen LogP contribution in [0.25, 0.3) is 0 Å². The van der Waals surface area contributed by atoms with E-state index in [0.29, 0.717) is 0 Å². The molecule has 0 aliphatic carbocycles. The molecule has 0 saturated carbocycles. The summed E-state index contributed by atoms with van der Waals surface area (Å²) < 4.78 is 42.6. The first-order chi connectivity index (χ1) is 11.6. The average Bonchev–Trinajstić information content (AvgIpc) is 2.97. The fourth-order valence-electron chi connectivity index (χ4n) is 1.97. The summed E-state index contributed by atoms with van der Waals surface area (Å²) in [7, 11) is 1.37. The summed E-state index contributed by atoms with van der Waals surface area (Å²) in [5, 5.41) is 3.30. The number of halogens is 4. The topological polar surface area (TPSA) is 68.3 Å². The second kappa shape index (κ2) is 7.40. The molecule has 1 N–H and O–H groups in total. The zero-order valence-electron chi connectivity index (χ0n) is 13.0. The van der Waals surface area contributed by atoms with Gasteiger partial charge in [0.15, 0.2) is 11.5 Å². The Morgan fingerprint density at radius 3 is 2.56 bits per heavy atom. The van der Waals surface area contributed by atoms with Crippen molar-refractivity contribution in [2.75, 3.05) is 12.4 Å². The standard InChI is InChI=1S/C15H12ClF3N2O3S/c1-7(22)8-3-4-9(24-2)13(16)14(8)21-11(23)5-12-20-10(6-25-12)15(17,18)19/h3-4,6H,5H2,1-2H3,(H,21,23). The molecule has 0 unspecified atom stereocenters. The monoisotopic (exact) mass is 392 g/mol. The Labute approximate surface area is 149 Å². The molecule has 0 saturated heterocycles. The Hall–Kier alpha value is -2.13. The van der Waals surface area contributed by atoms with Crippen LogP contribution in [-0.2, 0) is 17.4 Å². The van der Waals surface area contributed by atoms with E-state index in [2.05, 4.69) is 10.3 Å². The number of hydrogen-bond acceptors (Lipinski definition) is 5. The van der Waals surface area contributed by atoms with Crippen LogP contribution in [0.1, 0.15) is 28.0 Å². The highest BCUT2D eigenvalue weighted by Gasteiger charge is 2.33. The van der Waals surface area contributed by atoms with Gasteiger partial charge in [-0.1, -0.05) is 11.6 Å². The van der Waals surface area contributed by atoms with Crippen molar-refractivity contribution in [1.29, 1.82) is 0 Å². The molecule has 0 aliphatic rings. The van der Waals surface area contributed by atoms with Crippen LogP contribution in [0.15, 0.2) is 17.5 Å². The molecule has 134 valence electrons. The largest absolute Gasteiger partial charge is 0.495 e. The predicted molar refractivity (Wildman–Crippen MR) is 87.5 cm³/mol. The van der Waals surface area contributed by atoms with Crippen LogP contribution in [0.5, 0.6) is 5.75 Å². The Kier molecular flexibility index (Phi) is 5.69. The van der Waals surface area contributed by atoms with Gasteiger partial charge >= 0.3 is 6.18 Å². The molecule has 1 aromatic carbocycles. The maximum absolute atomic E-state index is 12.5. The lowest BCUT2D eigenvalue weighted by Gasteiger charge is -2.13. The van der Waals surface area contributed by atoms with Crippen LogP contribution in [0.3, 0.4) is 0 Å². The van der Waals surface area contributed by atoms with Gasteiger partial charge in [-0.15, -0.1) is 11.3 Å². The molecule has 2 rings (SSSR count). The van der Waals surface area contributed by atoms with Gasteiger partial charge < -0.3 is 10.1 Å². The lowest BCUT2D eigenvalue weighted by Crippen LogP contribution is -2.17. The molecular weight excluding hydrogens is 381 g/mol. The number of anilines is 1. The molecular formula is C15H12ClF3N2O3S. The SMILES string of the molecule is COc1ccc(C(C)=O)c(NC(=O)Cc2nc(C(F)(F)F)cs2)c1Cl. The number of aromatic nitrogens is 1. The summed E-state index contributed by atoms with van der Waals surface area (Å²) in [6.07, 6.45) is -4.95. The van der Waals surface area contributed by atoms with E-state index in [9.17, 15) is 22.8 Å². The van der Waals surface area contributed by atoms with Gasteiger partial charge in [0.25, 0.3) is 0 Å². The molecule has 1 heterocycles. The summed E-state index contributed by atoms with van der Waals surface area (Å²) in [5.41, 5.74) is -0.843. The summed E-state index contributed by atoms with van der Waals surface area (Å²) in [5.74, 6) is -0.746. The first kappa shape index (κ1) is 19.2. The molecule has 0 atom stereocenters. The molecule has 0 radical (unpaired) electrons. The smallest absolute Gasteiger partial charge is 0.434 e. The number of carbonyl (C=O) groups is 2. The Balaban J connectivity index is 2.23. The zero-order chi connectivity index (χ0) is 18.8. The van der Waals surface area contributed by atoms with Gasteiger partial charge in [0.05, 0.1) is 19.2 Å². The van der Waals surface area contributed by atoms with Crippen LogP contribution < -0.4 is 10.1 Å². The summed E-state index contributed by atoms with van der Waals surface area (Å²) >= 11 is 6.84. The molecule has 1 amide bonds. The number of carbonyl (C=O) groups excluding carboxylic acids is 2. The minimum absolute atomic E-state index is 0.00628. The van der Waals surface area contributed by atoms with E-state index in [4.69, 9.17) is 16.3 Å². The minimum atomic E-state index is -4.57. The molecule has 2 aromatic rings. The van der Waals surface area contributed by atoms with E-state index in [-0.39, 0.29) is 39.2 Å². The normalized spacial score (nSPS) is 11.3. The molecule has 0 fully saturated rings. The summed E-state index contributed by atoms with van der Waals surface area (Å²) in [6, 6.07) is 2.92. The third kappa shape index (κ3) is 4.49. The molecule has 10 heteroatoms. The molecule has 25 heavy (non-hydrogen) atoms. The van der Waals surface area contributed by atoms with Crippen molar-refractivity contribution in [2.45, 2.75) is 19.5 Å². The van der Waals surface area contributed by atoms with E-state index >= 15 is 0 Å². The first-order valence-corrected chi connectivity index (χ1v) is 8.08. The van der Waals surface area contributed by atoms with E-state index < -0.39 is 17.8 Å². The van der Waals surface area contributed by atoms with Crippen molar-refractivity contribution in [2.24, 2.45) is 0 Å². The first-order valence-electron chi connectivity index (χ1n) is 6.82. The number of methoxy groups -OCH3 is 1. The van der Waals surface area contributed by atoms with Gasteiger partial charge in [0.2, 0.25) is 5.91 Å². The lowest BCUT2D eigenvalue weighted by atomic mass is 10.1. The van der Waals surface area contributed by atoms with Gasteiger partial charge in [-0.25, -0.2) is 4.98 Å². The van der Waals surface area contributed by atoms with E-state index in [1.807, 2.05) is 0 Å². The fourth-order valence-corrected chi connectivity index (χ4v) is 3.06. The fraction of sp³-hybridized carbons (Fsp3) is 0.267. The number of rotatable bonds is 5. The van der Waals surface area contributed by atoms with Gasteiger partial charge in [-0.3, -0.25) is 9.59 Å². The number of benzene rings is 1. The average molecular weight is 393 g/mol. The van der Waals surface area contributed by atoms with Gasteiger partial charge in [-0.05, 0) is 19.1 Å². The number of alkyl halides is 3. The quantitative estimate of drug-likeness (QED) is 0.774. The number of thiazole rings is 1. The Morgan fingerprint density at radius 2 is 2.04 bits per heavy atom. The van der Waals surface area contributed by atoms with Crippen LogP contribution in [-0.4, -0.2) is 23.8 Å². The number of amides is 1. The molecule has 0 aliphatic heterocycles. The van der Waals surface area contributed by atoms with E-state index in [0.717, 1.165) is 16.7 Å². The Morgan fingerprint density at radius 1 is 1.36 bits per heavy atom. The van der Waals surface area contributed by atoms with Gasteiger partial charge in [-0.2, -0.15) is 13.2 Å². The summed E-state index contributed by atoms with van der Waals surface area (Å²) in [4.78, 5) is 27.2. The second-order valence-electron chi connectivity index (χ2n) is 4.91. The second-order valence-corrected chi connectivity index (χ2v) is 6.23. The number of ether oxygens (including phenoxy) is 1. The predicted octanol–water partition coefficient (Wildman–Crippen LogP) is 4.21. The van der Waals surface area contributed by atoms with Gasteiger partial charge in [0.1, 0.15) is 15.8 Å². The van der Waals surface area contributed by atoms with Crippen molar-refractivity contribution < 1.29 is 27.5 Å². The molecule has 0 spiro atoms. The number of ketones is 1. The van der Waals surface area contributed by atoms with Crippen LogP contribution >= 0.6 is 22.9 Å². The number of Topliss-reactive ketones (excluding diaryl/α,β-unsaturated/α-hetero) is 1. The highest BCUT2D eigenvalue weighted by atomic mass is 35.5. The van der Waals surface area contributed by atoms with Crippen molar-refractivity contribution in [3.63, 3.8) is 0 Å². The summed E-state index contributed by atoms with van der Waals surface area (Å²) in [6.45, 7) is 1.30. The number of hydrogen-bond donors (Lipinski definition) is 1. The van der Waals surface area contributed by atoms with Gasteiger partial charge in [0, 0.05) is 10.9 Å².